The fourth-order valence-electron chi connectivity index (χ4n) is 3.90. The zero-order valence-electron chi connectivity index (χ0n) is 14.5. The summed E-state index contributed by atoms with van der Waals surface area (Å²) in [6.45, 7) is -1.24. The highest BCUT2D eigenvalue weighted by molar-refractivity contribution is 5.81. The Hall–Kier alpha value is -1.97. The highest BCUT2D eigenvalue weighted by Crippen LogP contribution is 2.45. The van der Waals surface area contributed by atoms with Crippen molar-refractivity contribution in [2.45, 2.75) is 48.5 Å². The third-order valence-corrected chi connectivity index (χ3v) is 5.34. The van der Waals surface area contributed by atoms with Crippen LogP contribution < -0.4 is 5.73 Å². The number of rotatable bonds is 4. The van der Waals surface area contributed by atoms with Gasteiger partial charge >= 0.3 is 0 Å². The Morgan fingerprint density at radius 3 is 2.32 bits per heavy atom. The van der Waals surface area contributed by atoms with E-state index in [1.807, 2.05) is 0 Å². The molecule has 8 atom stereocenters. The van der Waals surface area contributed by atoms with Gasteiger partial charge in [-0.3, -0.25) is 4.57 Å². The molecule has 0 aliphatic carbocycles. The molecule has 2 aliphatic rings. The van der Waals surface area contributed by atoms with Gasteiger partial charge in [0.15, 0.2) is 11.5 Å². The second kappa shape index (κ2) is 6.82. The van der Waals surface area contributed by atoms with Crippen molar-refractivity contribution in [3.8, 4) is 0 Å². The van der Waals surface area contributed by atoms with Gasteiger partial charge in [-0.2, -0.15) is 0 Å². The summed E-state index contributed by atoms with van der Waals surface area (Å²) in [7, 11) is 0. The van der Waals surface area contributed by atoms with Gasteiger partial charge in [-0.1, -0.05) is 0 Å². The largest absolute Gasteiger partial charge is 0.394 e. The maximum Gasteiger partial charge on any atom is 0.205 e. The molecule has 28 heavy (non-hydrogen) atoms. The molecule has 13 heteroatoms. The first-order chi connectivity index (χ1) is 13.4. The summed E-state index contributed by atoms with van der Waals surface area (Å²) in [4.78, 5) is 12.0. The number of nitrogens with two attached hydrogens (primary N) is 1. The van der Waals surface area contributed by atoms with Crippen molar-refractivity contribution in [2.24, 2.45) is 0 Å². The molecule has 2 saturated heterocycles. The molecule has 4 rings (SSSR count). The molecular formula is C15H21N5O8. The first kappa shape index (κ1) is 19.4. The van der Waals surface area contributed by atoms with E-state index in [2.05, 4.69) is 15.0 Å². The number of nitrogens with zero attached hydrogens (tertiary/aromatic N) is 4. The third kappa shape index (κ3) is 2.46. The van der Waals surface area contributed by atoms with Gasteiger partial charge in [-0.05, 0) is 0 Å². The van der Waals surface area contributed by atoms with E-state index in [0.29, 0.717) is 0 Å². The van der Waals surface area contributed by atoms with Gasteiger partial charge < -0.3 is 45.8 Å². The van der Waals surface area contributed by atoms with E-state index >= 15 is 0 Å². The maximum absolute atomic E-state index is 10.9. The van der Waals surface area contributed by atoms with E-state index in [1.165, 1.54) is 10.9 Å². The van der Waals surface area contributed by atoms with E-state index < -0.39 is 61.7 Å². The third-order valence-electron chi connectivity index (χ3n) is 5.34. The molecular weight excluding hydrogens is 378 g/mol. The highest BCUT2D eigenvalue weighted by atomic mass is 16.6. The molecule has 0 amide bonds. The SMILES string of the molecule is Nc1ncnc2c1ncn2[C@]1(C2O[C@H](CO)[C@@H](O)[C@H]2O)O[C@H](CO)[C@@H](O)[C@H]1O. The quantitative estimate of drug-likeness (QED) is 0.260. The minimum absolute atomic E-state index is 0.0480. The number of imidazole rings is 1. The summed E-state index contributed by atoms with van der Waals surface area (Å²) in [5.74, 6) is 0.0480. The van der Waals surface area contributed by atoms with Gasteiger partial charge in [-0.15, -0.1) is 0 Å². The lowest BCUT2D eigenvalue weighted by atomic mass is 9.92. The zero-order chi connectivity index (χ0) is 20.2. The summed E-state index contributed by atoms with van der Waals surface area (Å²) in [5.41, 5.74) is 4.04. The zero-order valence-corrected chi connectivity index (χ0v) is 14.5. The molecule has 8 N–H and O–H groups in total. The summed E-state index contributed by atoms with van der Waals surface area (Å²) in [5, 5.41) is 61.0. The number of hydrogen-bond acceptors (Lipinski definition) is 12. The fourth-order valence-corrected chi connectivity index (χ4v) is 3.90. The van der Waals surface area contributed by atoms with Crippen molar-refractivity contribution in [3.05, 3.63) is 12.7 Å². The van der Waals surface area contributed by atoms with Gasteiger partial charge in [0, 0.05) is 0 Å². The number of aromatic nitrogens is 4. The van der Waals surface area contributed by atoms with Crippen LogP contribution in [0.25, 0.3) is 11.2 Å². The first-order valence-corrected chi connectivity index (χ1v) is 8.58. The molecule has 2 fully saturated rings. The Labute approximate surface area is 157 Å². The van der Waals surface area contributed by atoms with Crippen molar-refractivity contribution in [3.63, 3.8) is 0 Å². The van der Waals surface area contributed by atoms with Crippen LogP contribution in [-0.4, -0.2) is 106 Å². The van der Waals surface area contributed by atoms with Gasteiger partial charge in [0.25, 0.3) is 0 Å². The van der Waals surface area contributed by atoms with Gasteiger partial charge in [0.2, 0.25) is 5.72 Å². The molecule has 0 saturated carbocycles. The van der Waals surface area contributed by atoms with Crippen molar-refractivity contribution < 1.29 is 40.1 Å². The molecule has 13 nitrogen and oxygen atoms in total. The highest BCUT2D eigenvalue weighted by Gasteiger charge is 2.65. The average Bonchev–Trinajstić information content (AvgIpc) is 3.32. The van der Waals surface area contributed by atoms with Crippen LogP contribution in [0.4, 0.5) is 5.82 Å². The minimum atomic E-state index is -2.04. The molecule has 2 aromatic heterocycles. The summed E-state index contributed by atoms with van der Waals surface area (Å²) in [6.07, 6.45) is -7.84. The number of nitrogen functional groups attached to an aromatic ring is 1. The van der Waals surface area contributed by atoms with Crippen LogP contribution in [0, 0.1) is 0 Å². The molecule has 0 aromatic carbocycles. The molecule has 4 heterocycles. The van der Waals surface area contributed by atoms with Crippen molar-refractivity contribution in [1.82, 2.24) is 19.5 Å². The molecule has 2 aliphatic heterocycles. The van der Waals surface area contributed by atoms with Crippen LogP contribution >= 0.6 is 0 Å². The Kier molecular flexibility index (Phi) is 4.71. The molecule has 154 valence electrons. The fraction of sp³-hybridized carbons (Fsp3) is 0.667. The smallest absolute Gasteiger partial charge is 0.205 e. The maximum atomic E-state index is 10.9. The molecule has 1 unspecified atom stereocenters. The number of anilines is 1. The lowest BCUT2D eigenvalue weighted by Gasteiger charge is -2.39. The second-order valence-electron chi connectivity index (χ2n) is 6.83. The van der Waals surface area contributed by atoms with Crippen LogP contribution in [0.1, 0.15) is 0 Å². The van der Waals surface area contributed by atoms with Crippen LogP contribution in [-0.2, 0) is 15.2 Å². The van der Waals surface area contributed by atoms with Crippen LogP contribution in [0.2, 0.25) is 0 Å². The molecule has 2 aromatic rings. The lowest BCUT2D eigenvalue weighted by Crippen LogP contribution is -2.58. The predicted octanol–water partition coefficient (Wildman–Crippen LogP) is -4.34. The molecule has 0 bridgehead atoms. The number of ether oxygens (including phenoxy) is 2. The number of fused-ring (bicyclic) bond motifs is 1. The summed E-state index contributed by atoms with van der Waals surface area (Å²) < 4.78 is 12.6. The number of aliphatic hydroxyl groups excluding tert-OH is 6. The Morgan fingerprint density at radius 2 is 1.71 bits per heavy atom. The van der Waals surface area contributed by atoms with E-state index in [9.17, 15) is 30.6 Å². The van der Waals surface area contributed by atoms with Crippen molar-refractivity contribution in [1.29, 1.82) is 0 Å². The van der Waals surface area contributed by atoms with Gasteiger partial charge in [-0.25, -0.2) is 15.0 Å². The van der Waals surface area contributed by atoms with E-state index in [4.69, 9.17) is 15.2 Å². The van der Waals surface area contributed by atoms with E-state index in [0.717, 1.165) is 6.33 Å². The Bertz CT molecular complexity index is 866. The summed E-state index contributed by atoms with van der Waals surface area (Å²) >= 11 is 0. The monoisotopic (exact) mass is 399 g/mol. The van der Waals surface area contributed by atoms with Gasteiger partial charge in [0.05, 0.1) is 19.5 Å². The molecule has 0 spiro atoms. The van der Waals surface area contributed by atoms with Crippen LogP contribution in [0.3, 0.4) is 0 Å². The van der Waals surface area contributed by atoms with Crippen molar-refractivity contribution >= 4 is 17.0 Å². The standard InChI is InChI=1S/C15H21N5O8/c16-13-7-14(18-3-17-13)20(4-19-7)15(11(26)9(24)6(2-22)28-15)12-10(25)8(23)5(1-21)27-12/h3-6,8-12,21-26H,1-2H2,(H2,16,17,18)/t5-,6-,8-,9-,10-,11-,12?,15+/m1/s1. The van der Waals surface area contributed by atoms with Crippen molar-refractivity contribution in [2.75, 3.05) is 18.9 Å². The first-order valence-electron chi connectivity index (χ1n) is 8.58. The van der Waals surface area contributed by atoms with E-state index in [1.54, 1.807) is 0 Å². The topological polar surface area (TPSA) is 209 Å². The normalized spacial score (nSPS) is 41.1. The summed E-state index contributed by atoms with van der Waals surface area (Å²) in [6, 6.07) is 0. The lowest BCUT2D eigenvalue weighted by molar-refractivity contribution is -0.231. The number of aliphatic hydroxyl groups is 6. The predicted molar refractivity (Wildman–Crippen MR) is 89.4 cm³/mol. The Morgan fingerprint density at radius 1 is 1.00 bits per heavy atom. The number of hydrogen-bond donors (Lipinski definition) is 7. The minimum Gasteiger partial charge on any atom is -0.394 e. The Balaban J connectivity index is 1.92. The van der Waals surface area contributed by atoms with Gasteiger partial charge in [0.1, 0.15) is 54.6 Å². The van der Waals surface area contributed by atoms with Crippen LogP contribution in [0.15, 0.2) is 12.7 Å². The average molecular weight is 399 g/mol. The second-order valence-corrected chi connectivity index (χ2v) is 6.83. The molecule has 0 radical (unpaired) electrons. The van der Waals surface area contributed by atoms with E-state index in [-0.39, 0.29) is 17.0 Å². The van der Waals surface area contributed by atoms with Crippen LogP contribution in [0.5, 0.6) is 0 Å².